The van der Waals surface area contributed by atoms with Gasteiger partial charge in [0.15, 0.2) is 11.0 Å². The highest BCUT2D eigenvalue weighted by atomic mass is 35.5. The summed E-state index contributed by atoms with van der Waals surface area (Å²) in [6.07, 6.45) is 3.94. The van der Waals surface area contributed by atoms with Crippen LogP contribution in [0.2, 0.25) is 5.02 Å². The summed E-state index contributed by atoms with van der Waals surface area (Å²) in [4.78, 5) is 12.3. The fourth-order valence-electron chi connectivity index (χ4n) is 2.89. The second-order valence-electron chi connectivity index (χ2n) is 6.82. The van der Waals surface area contributed by atoms with E-state index in [1.807, 2.05) is 16.7 Å². The van der Waals surface area contributed by atoms with Gasteiger partial charge in [0.05, 0.1) is 5.75 Å². The Labute approximate surface area is 191 Å². The number of aromatic nitrogens is 3. The second kappa shape index (κ2) is 11.6. The zero-order valence-corrected chi connectivity index (χ0v) is 19.0. The van der Waals surface area contributed by atoms with Gasteiger partial charge in [0.1, 0.15) is 12.4 Å². The van der Waals surface area contributed by atoms with Gasteiger partial charge in [0.2, 0.25) is 5.91 Å². The van der Waals surface area contributed by atoms with Crippen LogP contribution in [0.5, 0.6) is 5.75 Å². The molecule has 162 valence electrons. The third kappa shape index (κ3) is 6.87. The van der Waals surface area contributed by atoms with E-state index in [0.29, 0.717) is 28.2 Å². The lowest BCUT2D eigenvalue weighted by Gasteiger charge is -2.10. The molecule has 8 heteroatoms. The highest BCUT2D eigenvalue weighted by Crippen LogP contribution is 2.20. The first-order valence-corrected chi connectivity index (χ1v) is 11.4. The van der Waals surface area contributed by atoms with Crippen LogP contribution in [-0.2, 0) is 24.4 Å². The fourth-order valence-corrected chi connectivity index (χ4v) is 3.79. The van der Waals surface area contributed by atoms with Crippen molar-refractivity contribution in [3.8, 4) is 5.75 Å². The number of carbonyl (C=O) groups is 1. The molecule has 31 heavy (non-hydrogen) atoms. The number of thioether (sulfide) groups is 1. The van der Waals surface area contributed by atoms with Crippen molar-refractivity contribution in [2.75, 3.05) is 11.1 Å². The van der Waals surface area contributed by atoms with E-state index < -0.39 is 0 Å². The summed E-state index contributed by atoms with van der Waals surface area (Å²) in [7, 11) is 0. The van der Waals surface area contributed by atoms with Crippen molar-refractivity contribution in [2.45, 2.75) is 38.1 Å². The number of anilines is 1. The van der Waals surface area contributed by atoms with Gasteiger partial charge >= 0.3 is 0 Å². The lowest BCUT2D eigenvalue weighted by Crippen LogP contribution is -2.15. The first kappa shape index (κ1) is 22.9. The zero-order valence-electron chi connectivity index (χ0n) is 17.4. The molecule has 0 saturated heterocycles. The topological polar surface area (TPSA) is 69.0 Å². The van der Waals surface area contributed by atoms with Crippen molar-refractivity contribution >= 4 is 35.0 Å². The zero-order chi connectivity index (χ0) is 22.1. The van der Waals surface area contributed by atoms with Crippen LogP contribution in [0.1, 0.15) is 24.7 Å². The standard InChI is InChI=1S/C23H25ClN4O2S/c1-3-5-17-6-12-20(13-7-17)30-15-21-26-27-23(28(21)14-4-2)31-16-22(29)25-19-10-8-18(24)9-11-19/h4,6-13H,2-3,5,14-16H2,1H3,(H,25,29). The van der Waals surface area contributed by atoms with Crippen LogP contribution in [0.4, 0.5) is 5.69 Å². The average molecular weight is 457 g/mol. The third-order valence-corrected chi connectivity index (χ3v) is 5.61. The maximum Gasteiger partial charge on any atom is 0.234 e. The number of nitrogens with one attached hydrogen (secondary N) is 1. The summed E-state index contributed by atoms with van der Waals surface area (Å²) < 4.78 is 7.78. The maximum absolute atomic E-state index is 12.3. The third-order valence-electron chi connectivity index (χ3n) is 4.40. The number of hydrogen-bond acceptors (Lipinski definition) is 5. The normalized spacial score (nSPS) is 10.6. The van der Waals surface area contributed by atoms with Crippen molar-refractivity contribution < 1.29 is 9.53 Å². The predicted molar refractivity (Wildman–Crippen MR) is 126 cm³/mol. The van der Waals surface area contributed by atoms with Gasteiger partial charge in [0, 0.05) is 17.3 Å². The summed E-state index contributed by atoms with van der Waals surface area (Å²) in [6.45, 7) is 6.78. The summed E-state index contributed by atoms with van der Waals surface area (Å²) >= 11 is 7.19. The Morgan fingerprint density at radius 3 is 2.61 bits per heavy atom. The Hall–Kier alpha value is -2.77. The smallest absolute Gasteiger partial charge is 0.234 e. The molecule has 1 amide bonds. The van der Waals surface area contributed by atoms with Gasteiger partial charge in [-0.3, -0.25) is 9.36 Å². The number of allylic oxidation sites excluding steroid dienone is 1. The van der Waals surface area contributed by atoms with Crippen LogP contribution in [0.25, 0.3) is 0 Å². The van der Waals surface area contributed by atoms with Crippen LogP contribution >= 0.6 is 23.4 Å². The molecule has 0 aliphatic rings. The molecule has 0 radical (unpaired) electrons. The highest BCUT2D eigenvalue weighted by molar-refractivity contribution is 7.99. The molecule has 0 atom stereocenters. The van der Waals surface area contributed by atoms with E-state index in [9.17, 15) is 4.79 Å². The molecule has 0 saturated carbocycles. The fraction of sp³-hybridized carbons (Fsp3) is 0.261. The Morgan fingerprint density at radius 1 is 1.19 bits per heavy atom. The molecule has 0 spiro atoms. The molecule has 3 rings (SSSR count). The van der Waals surface area contributed by atoms with E-state index in [-0.39, 0.29) is 18.3 Å². The summed E-state index contributed by atoms with van der Waals surface area (Å²) in [6, 6.07) is 15.1. The van der Waals surface area contributed by atoms with E-state index in [1.165, 1.54) is 17.3 Å². The van der Waals surface area contributed by atoms with Gasteiger partial charge in [0.25, 0.3) is 0 Å². The molecule has 1 heterocycles. The van der Waals surface area contributed by atoms with Crippen LogP contribution in [0.15, 0.2) is 66.3 Å². The van der Waals surface area contributed by atoms with Gasteiger partial charge in [-0.25, -0.2) is 0 Å². The Balaban J connectivity index is 1.58. The lowest BCUT2D eigenvalue weighted by atomic mass is 10.1. The number of aryl methyl sites for hydroxylation is 1. The molecule has 1 N–H and O–H groups in total. The van der Waals surface area contributed by atoms with Gasteiger partial charge in [-0.1, -0.05) is 54.9 Å². The van der Waals surface area contributed by atoms with Gasteiger partial charge in [-0.2, -0.15) is 0 Å². The lowest BCUT2D eigenvalue weighted by molar-refractivity contribution is -0.113. The number of hydrogen-bond donors (Lipinski definition) is 1. The summed E-state index contributed by atoms with van der Waals surface area (Å²) in [5.41, 5.74) is 1.99. The summed E-state index contributed by atoms with van der Waals surface area (Å²) in [5.74, 6) is 1.53. The molecule has 0 fully saturated rings. The minimum Gasteiger partial charge on any atom is -0.486 e. The van der Waals surface area contributed by atoms with Crippen molar-refractivity contribution in [1.82, 2.24) is 14.8 Å². The van der Waals surface area contributed by atoms with Crippen molar-refractivity contribution in [1.29, 1.82) is 0 Å². The SMILES string of the molecule is C=CCn1c(COc2ccc(CCC)cc2)nnc1SCC(=O)Nc1ccc(Cl)cc1. The van der Waals surface area contributed by atoms with Gasteiger partial charge in [-0.05, 0) is 48.4 Å². The largest absolute Gasteiger partial charge is 0.486 e. The van der Waals surface area contributed by atoms with Crippen LogP contribution < -0.4 is 10.1 Å². The molecule has 0 bridgehead atoms. The number of nitrogens with zero attached hydrogens (tertiary/aromatic N) is 3. The predicted octanol–water partition coefficient (Wildman–Crippen LogP) is 5.38. The Kier molecular flexibility index (Phi) is 8.55. The van der Waals surface area contributed by atoms with E-state index in [1.54, 1.807) is 30.3 Å². The van der Waals surface area contributed by atoms with Crippen LogP contribution in [0.3, 0.4) is 0 Å². The number of rotatable bonds is 11. The van der Waals surface area contributed by atoms with Crippen LogP contribution in [-0.4, -0.2) is 26.4 Å². The first-order chi connectivity index (χ1) is 15.1. The Bertz CT molecular complexity index is 1000. The molecule has 6 nitrogen and oxygen atoms in total. The summed E-state index contributed by atoms with van der Waals surface area (Å²) in [5, 5.41) is 12.6. The molecule has 2 aromatic carbocycles. The van der Waals surface area contributed by atoms with E-state index >= 15 is 0 Å². The average Bonchev–Trinajstić information content (AvgIpc) is 3.15. The number of amides is 1. The molecule has 0 aliphatic heterocycles. The molecule has 1 aromatic heterocycles. The van der Waals surface area contributed by atoms with Crippen LogP contribution in [0, 0.1) is 0 Å². The minimum absolute atomic E-state index is 0.134. The number of ether oxygens (including phenoxy) is 1. The molecule has 0 unspecified atom stereocenters. The Morgan fingerprint density at radius 2 is 1.94 bits per heavy atom. The maximum atomic E-state index is 12.3. The quantitative estimate of drug-likeness (QED) is 0.310. The van der Waals surface area contributed by atoms with Gasteiger partial charge < -0.3 is 10.1 Å². The van der Waals surface area contributed by atoms with E-state index in [4.69, 9.17) is 16.3 Å². The van der Waals surface area contributed by atoms with Gasteiger partial charge in [-0.15, -0.1) is 16.8 Å². The molecule has 3 aromatic rings. The molecule has 0 aliphatic carbocycles. The van der Waals surface area contributed by atoms with Crippen molar-refractivity contribution in [3.63, 3.8) is 0 Å². The number of benzene rings is 2. The van der Waals surface area contributed by atoms with E-state index in [2.05, 4.69) is 41.1 Å². The first-order valence-electron chi connectivity index (χ1n) is 10.0. The monoisotopic (exact) mass is 456 g/mol. The number of carbonyl (C=O) groups excluding carboxylic acids is 1. The molecular formula is C23H25ClN4O2S. The second-order valence-corrected chi connectivity index (χ2v) is 8.20. The molecular weight excluding hydrogens is 432 g/mol. The van der Waals surface area contributed by atoms with Crippen molar-refractivity contribution in [2.24, 2.45) is 0 Å². The minimum atomic E-state index is -0.134. The number of halogens is 1. The highest BCUT2D eigenvalue weighted by Gasteiger charge is 2.14. The van der Waals surface area contributed by atoms with E-state index in [0.717, 1.165) is 18.6 Å². The van der Waals surface area contributed by atoms with Crippen molar-refractivity contribution in [3.05, 3.63) is 77.6 Å².